The summed E-state index contributed by atoms with van der Waals surface area (Å²) in [5, 5.41) is 0.710. The first-order chi connectivity index (χ1) is 14.6. The van der Waals surface area contributed by atoms with Crippen LogP contribution in [0.1, 0.15) is 18.4 Å². The van der Waals surface area contributed by atoms with Crippen LogP contribution in [0.5, 0.6) is 0 Å². The third-order valence-corrected chi connectivity index (χ3v) is 5.98. The van der Waals surface area contributed by atoms with Crippen LogP contribution in [-0.2, 0) is 16.1 Å². The van der Waals surface area contributed by atoms with Crippen molar-refractivity contribution in [3.8, 4) is 0 Å². The molecule has 2 aliphatic rings. The molecule has 2 aromatic rings. The van der Waals surface area contributed by atoms with Crippen LogP contribution in [0.3, 0.4) is 0 Å². The van der Waals surface area contributed by atoms with E-state index in [9.17, 15) is 9.59 Å². The van der Waals surface area contributed by atoms with E-state index in [2.05, 4.69) is 4.90 Å². The van der Waals surface area contributed by atoms with Gasteiger partial charge in [-0.2, -0.15) is 0 Å². The lowest BCUT2D eigenvalue weighted by atomic mass is 10.1. The summed E-state index contributed by atoms with van der Waals surface area (Å²) in [6.45, 7) is 3.54. The molecule has 0 aromatic heterocycles. The van der Waals surface area contributed by atoms with Gasteiger partial charge in [-0.3, -0.25) is 9.69 Å². The number of hydrogen-bond acceptors (Lipinski definition) is 4. The molecule has 0 N–H and O–H groups in total. The first-order valence-corrected chi connectivity index (χ1v) is 10.8. The molecule has 158 valence electrons. The summed E-state index contributed by atoms with van der Waals surface area (Å²) >= 11 is 6.10. The van der Waals surface area contributed by atoms with Gasteiger partial charge in [0.1, 0.15) is 12.6 Å². The summed E-state index contributed by atoms with van der Waals surface area (Å²) in [7, 11) is 0. The number of ether oxygens (including phenoxy) is 1. The van der Waals surface area contributed by atoms with E-state index in [1.165, 1.54) is 0 Å². The summed E-state index contributed by atoms with van der Waals surface area (Å²) in [5.41, 5.74) is 2.01. The summed E-state index contributed by atoms with van der Waals surface area (Å²) in [6.07, 6.45) is 1.10. The zero-order valence-electron chi connectivity index (χ0n) is 16.9. The Morgan fingerprint density at radius 1 is 0.967 bits per heavy atom. The van der Waals surface area contributed by atoms with E-state index in [4.69, 9.17) is 16.3 Å². The zero-order chi connectivity index (χ0) is 20.9. The van der Waals surface area contributed by atoms with E-state index in [1.807, 2.05) is 59.5 Å². The number of nitrogens with zero attached hydrogens (tertiary/aromatic N) is 3. The van der Waals surface area contributed by atoms with E-state index >= 15 is 0 Å². The van der Waals surface area contributed by atoms with E-state index in [1.54, 1.807) is 4.90 Å². The minimum Gasteiger partial charge on any atom is -0.445 e. The Bertz CT molecular complexity index is 884. The van der Waals surface area contributed by atoms with Crippen LogP contribution in [0, 0.1) is 0 Å². The van der Waals surface area contributed by atoms with Crippen LogP contribution in [0.4, 0.5) is 10.5 Å². The highest BCUT2D eigenvalue weighted by Gasteiger charge is 2.38. The second-order valence-electron chi connectivity index (χ2n) is 7.68. The highest BCUT2D eigenvalue weighted by atomic mass is 35.5. The van der Waals surface area contributed by atoms with Crippen molar-refractivity contribution >= 4 is 29.3 Å². The zero-order valence-corrected chi connectivity index (χ0v) is 17.6. The Labute approximate surface area is 182 Å². The lowest BCUT2D eigenvalue weighted by Crippen LogP contribution is -2.54. The van der Waals surface area contributed by atoms with Crippen molar-refractivity contribution in [1.29, 1.82) is 0 Å². The minimum absolute atomic E-state index is 0.0231. The fourth-order valence-corrected chi connectivity index (χ4v) is 4.30. The summed E-state index contributed by atoms with van der Waals surface area (Å²) in [4.78, 5) is 31.4. The van der Waals surface area contributed by atoms with Gasteiger partial charge in [0, 0.05) is 43.4 Å². The molecule has 2 amide bonds. The van der Waals surface area contributed by atoms with Crippen LogP contribution in [0.25, 0.3) is 0 Å². The number of hydrogen-bond donors (Lipinski definition) is 0. The van der Waals surface area contributed by atoms with Gasteiger partial charge < -0.3 is 14.5 Å². The monoisotopic (exact) mass is 427 g/mol. The van der Waals surface area contributed by atoms with Crippen LogP contribution in [-0.4, -0.2) is 60.6 Å². The van der Waals surface area contributed by atoms with E-state index in [0.29, 0.717) is 31.1 Å². The Morgan fingerprint density at radius 3 is 2.47 bits per heavy atom. The molecule has 2 fully saturated rings. The molecule has 0 saturated carbocycles. The third-order valence-electron chi connectivity index (χ3n) is 5.74. The van der Waals surface area contributed by atoms with E-state index in [-0.39, 0.29) is 12.5 Å². The molecule has 0 aliphatic carbocycles. The van der Waals surface area contributed by atoms with Crippen molar-refractivity contribution in [2.45, 2.75) is 25.5 Å². The molecule has 2 saturated heterocycles. The van der Waals surface area contributed by atoms with Gasteiger partial charge in [-0.1, -0.05) is 48.0 Å². The van der Waals surface area contributed by atoms with Gasteiger partial charge in [-0.15, -0.1) is 0 Å². The topological polar surface area (TPSA) is 53.1 Å². The first-order valence-electron chi connectivity index (χ1n) is 10.4. The van der Waals surface area contributed by atoms with Gasteiger partial charge in [0.2, 0.25) is 5.91 Å². The normalized spacial score (nSPS) is 19.1. The molecule has 1 unspecified atom stereocenters. The van der Waals surface area contributed by atoms with E-state index in [0.717, 1.165) is 30.8 Å². The quantitative estimate of drug-likeness (QED) is 0.745. The van der Waals surface area contributed by atoms with Crippen molar-refractivity contribution in [3.63, 3.8) is 0 Å². The number of carbonyl (C=O) groups excluding carboxylic acids is 2. The third kappa shape index (κ3) is 4.70. The smallest absolute Gasteiger partial charge is 0.410 e. The number of likely N-dealkylation sites (tertiary alicyclic amines) is 1. The van der Waals surface area contributed by atoms with Gasteiger partial charge in [0.05, 0.1) is 0 Å². The molecular weight excluding hydrogens is 402 g/mol. The van der Waals surface area contributed by atoms with Gasteiger partial charge in [-0.25, -0.2) is 4.79 Å². The van der Waals surface area contributed by atoms with Gasteiger partial charge in [0.15, 0.2) is 0 Å². The highest BCUT2D eigenvalue weighted by molar-refractivity contribution is 6.30. The molecule has 0 radical (unpaired) electrons. The number of amides is 2. The van der Waals surface area contributed by atoms with Crippen molar-refractivity contribution in [1.82, 2.24) is 9.80 Å². The Hall–Kier alpha value is -2.73. The largest absolute Gasteiger partial charge is 0.445 e. The molecule has 1 atom stereocenters. The van der Waals surface area contributed by atoms with Gasteiger partial charge in [0.25, 0.3) is 0 Å². The van der Waals surface area contributed by atoms with E-state index < -0.39 is 12.1 Å². The maximum absolute atomic E-state index is 13.1. The summed E-state index contributed by atoms with van der Waals surface area (Å²) in [6, 6.07) is 16.9. The lowest BCUT2D eigenvalue weighted by Gasteiger charge is -2.38. The fourth-order valence-electron chi connectivity index (χ4n) is 4.11. The molecule has 30 heavy (non-hydrogen) atoms. The van der Waals surface area contributed by atoms with Crippen LogP contribution >= 0.6 is 11.6 Å². The molecular formula is C23H26ClN3O3. The molecule has 7 heteroatoms. The SMILES string of the molecule is O=C(C1CCCN1C(=O)OCc1ccccc1)N1CCN(c2cccc(Cl)c2)CC1. The number of halogens is 1. The number of piperazine rings is 1. The Balaban J connectivity index is 1.32. The van der Waals surface area contributed by atoms with Crippen LogP contribution in [0.2, 0.25) is 5.02 Å². The average molecular weight is 428 g/mol. The number of rotatable bonds is 4. The standard InChI is InChI=1S/C23H26ClN3O3/c24-19-8-4-9-20(16-19)25-12-14-26(15-13-25)22(28)21-10-5-11-27(21)23(29)30-17-18-6-2-1-3-7-18/h1-4,6-9,16,21H,5,10-15,17H2. The molecule has 0 spiro atoms. The fraction of sp³-hybridized carbons (Fsp3) is 0.391. The van der Waals surface area contributed by atoms with Crippen molar-refractivity contribution < 1.29 is 14.3 Å². The predicted octanol–water partition coefficient (Wildman–Crippen LogP) is 3.79. The van der Waals surface area contributed by atoms with Crippen molar-refractivity contribution in [2.75, 3.05) is 37.6 Å². The van der Waals surface area contributed by atoms with Crippen molar-refractivity contribution in [3.05, 3.63) is 65.2 Å². The number of benzene rings is 2. The lowest BCUT2D eigenvalue weighted by molar-refractivity contribution is -0.135. The molecule has 2 heterocycles. The maximum Gasteiger partial charge on any atom is 0.410 e. The van der Waals surface area contributed by atoms with Crippen LogP contribution < -0.4 is 4.90 Å². The predicted molar refractivity (Wildman–Crippen MR) is 117 cm³/mol. The molecule has 6 nitrogen and oxygen atoms in total. The molecule has 4 rings (SSSR count). The maximum atomic E-state index is 13.1. The number of carbonyl (C=O) groups is 2. The Morgan fingerprint density at radius 2 is 1.73 bits per heavy atom. The average Bonchev–Trinajstić information content (AvgIpc) is 3.28. The number of anilines is 1. The second-order valence-corrected chi connectivity index (χ2v) is 8.12. The summed E-state index contributed by atoms with van der Waals surface area (Å²) < 4.78 is 5.46. The highest BCUT2D eigenvalue weighted by Crippen LogP contribution is 2.24. The molecule has 2 aliphatic heterocycles. The first kappa shape index (κ1) is 20.5. The van der Waals surface area contributed by atoms with Gasteiger partial charge >= 0.3 is 6.09 Å². The molecule has 0 bridgehead atoms. The van der Waals surface area contributed by atoms with Gasteiger partial charge in [-0.05, 0) is 36.6 Å². The van der Waals surface area contributed by atoms with Crippen LogP contribution in [0.15, 0.2) is 54.6 Å². The summed E-state index contributed by atoms with van der Waals surface area (Å²) in [5.74, 6) is 0.0231. The Kier molecular flexibility index (Phi) is 6.43. The van der Waals surface area contributed by atoms with Crippen molar-refractivity contribution in [2.24, 2.45) is 0 Å². The molecule has 2 aromatic carbocycles. The second kappa shape index (κ2) is 9.39. The minimum atomic E-state index is -0.425.